The van der Waals surface area contributed by atoms with E-state index in [1.807, 2.05) is 12.1 Å². The van der Waals surface area contributed by atoms with E-state index in [0.29, 0.717) is 22.6 Å². The molecular formula is C21H26N2O3S. The van der Waals surface area contributed by atoms with Gasteiger partial charge in [0.2, 0.25) is 9.84 Å². The SMILES string of the molecule is CCN1CCC2Nc3ccc(S(=O)(=O)c4cccc(OC)c4)cc3[C@@H]2CC1. The molecule has 1 N–H and O–H groups in total. The molecule has 0 aromatic heterocycles. The molecular weight excluding hydrogens is 360 g/mol. The number of fused-ring (bicyclic) bond motifs is 3. The minimum absolute atomic E-state index is 0.266. The third-order valence-corrected chi connectivity index (χ3v) is 7.62. The number of sulfone groups is 1. The zero-order chi connectivity index (χ0) is 19.0. The van der Waals surface area contributed by atoms with Crippen molar-refractivity contribution in [2.45, 2.75) is 41.5 Å². The maximum atomic E-state index is 13.1. The van der Waals surface area contributed by atoms with Crippen LogP contribution in [0.3, 0.4) is 0 Å². The van der Waals surface area contributed by atoms with E-state index in [9.17, 15) is 8.42 Å². The highest BCUT2D eigenvalue weighted by Crippen LogP contribution is 2.42. The average molecular weight is 387 g/mol. The molecule has 2 aliphatic rings. The molecule has 2 aromatic carbocycles. The minimum atomic E-state index is -3.57. The van der Waals surface area contributed by atoms with Crippen molar-refractivity contribution in [2.24, 2.45) is 0 Å². The number of methoxy groups -OCH3 is 1. The van der Waals surface area contributed by atoms with E-state index >= 15 is 0 Å². The van der Waals surface area contributed by atoms with Gasteiger partial charge < -0.3 is 15.0 Å². The number of nitrogens with one attached hydrogen (secondary N) is 1. The molecule has 0 spiro atoms. The van der Waals surface area contributed by atoms with Crippen LogP contribution in [0.5, 0.6) is 5.75 Å². The molecule has 2 aliphatic heterocycles. The van der Waals surface area contributed by atoms with Crippen LogP contribution in [0.4, 0.5) is 5.69 Å². The molecule has 2 atom stereocenters. The fourth-order valence-electron chi connectivity index (χ4n) is 4.27. The maximum absolute atomic E-state index is 13.1. The smallest absolute Gasteiger partial charge is 0.206 e. The average Bonchev–Trinajstić information content (AvgIpc) is 2.91. The highest BCUT2D eigenvalue weighted by molar-refractivity contribution is 7.91. The zero-order valence-electron chi connectivity index (χ0n) is 15.8. The number of anilines is 1. The van der Waals surface area contributed by atoms with Crippen LogP contribution in [-0.2, 0) is 9.84 Å². The van der Waals surface area contributed by atoms with Gasteiger partial charge in [0.1, 0.15) is 5.75 Å². The van der Waals surface area contributed by atoms with Crippen LogP contribution in [0.25, 0.3) is 0 Å². The Morgan fingerprint density at radius 3 is 2.67 bits per heavy atom. The van der Waals surface area contributed by atoms with E-state index in [-0.39, 0.29) is 4.90 Å². The second-order valence-corrected chi connectivity index (χ2v) is 9.25. The van der Waals surface area contributed by atoms with E-state index in [4.69, 9.17) is 4.74 Å². The molecule has 1 unspecified atom stereocenters. The maximum Gasteiger partial charge on any atom is 0.206 e. The summed E-state index contributed by atoms with van der Waals surface area (Å²) in [7, 11) is -2.03. The molecule has 2 aromatic rings. The summed E-state index contributed by atoms with van der Waals surface area (Å²) >= 11 is 0. The summed E-state index contributed by atoms with van der Waals surface area (Å²) in [5, 5.41) is 3.62. The van der Waals surface area contributed by atoms with Gasteiger partial charge in [-0.3, -0.25) is 0 Å². The molecule has 144 valence electrons. The normalized spacial score (nSPS) is 22.4. The topological polar surface area (TPSA) is 58.6 Å². The molecule has 1 fully saturated rings. The summed E-state index contributed by atoms with van der Waals surface area (Å²) in [4.78, 5) is 3.09. The summed E-state index contributed by atoms with van der Waals surface area (Å²) in [5.41, 5.74) is 2.22. The monoisotopic (exact) mass is 386 g/mol. The zero-order valence-corrected chi connectivity index (χ0v) is 16.6. The molecule has 2 heterocycles. The van der Waals surface area contributed by atoms with Crippen LogP contribution in [0.1, 0.15) is 31.2 Å². The van der Waals surface area contributed by atoms with Gasteiger partial charge in [0.25, 0.3) is 0 Å². The van der Waals surface area contributed by atoms with Crippen molar-refractivity contribution in [3.8, 4) is 5.75 Å². The van der Waals surface area contributed by atoms with Gasteiger partial charge in [0, 0.05) is 24.2 Å². The Kier molecular flexibility index (Phi) is 4.86. The number of benzene rings is 2. The van der Waals surface area contributed by atoms with Gasteiger partial charge in [-0.15, -0.1) is 0 Å². The number of nitrogens with zero attached hydrogens (tertiary/aromatic N) is 1. The standard InChI is InChI=1S/C21H26N2O3S/c1-3-23-11-9-18-19-14-17(7-8-20(19)22-21(18)10-12-23)27(24,25)16-6-4-5-15(13-16)26-2/h4-8,13-14,18,21-22H,3,9-12H2,1-2H3/t18-,21?/m0/s1. The van der Waals surface area contributed by atoms with Gasteiger partial charge >= 0.3 is 0 Å². The highest BCUT2D eigenvalue weighted by Gasteiger charge is 2.35. The predicted octanol–water partition coefficient (Wildman–Crippen LogP) is 3.52. The molecule has 0 saturated carbocycles. The van der Waals surface area contributed by atoms with Crippen molar-refractivity contribution in [2.75, 3.05) is 32.1 Å². The van der Waals surface area contributed by atoms with Crippen LogP contribution in [0, 0.1) is 0 Å². The van der Waals surface area contributed by atoms with Gasteiger partial charge in [-0.25, -0.2) is 8.42 Å². The quantitative estimate of drug-likeness (QED) is 0.871. The Labute approximate surface area is 161 Å². The molecule has 0 aliphatic carbocycles. The van der Waals surface area contributed by atoms with Crippen molar-refractivity contribution >= 4 is 15.5 Å². The first-order chi connectivity index (χ1) is 13.0. The van der Waals surface area contributed by atoms with Crippen LogP contribution < -0.4 is 10.1 Å². The van der Waals surface area contributed by atoms with Gasteiger partial charge in [0.05, 0.1) is 16.9 Å². The summed E-state index contributed by atoms with van der Waals surface area (Å²) in [6, 6.07) is 12.6. The van der Waals surface area contributed by atoms with E-state index in [2.05, 4.69) is 17.1 Å². The molecule has 1 saturated heterocycles. The fourth-order valence-corrected chi connectivity index (χ4v) is 5.60. The Hall–Kier alpha value is -2.05. The van der Waals surface area contributed by atoms with Gasteiger partial charge in [-0.05, 0) is 67.9 Å². The van der Waals surface area contributed by atoms with Crippen LogP contribution in [0.15, 0.2) is 52.3 Å². The molecule has 6 heteroatoms. The van der Waals surface area contributed by atoms with Crippen molar-refractivity contribution in [1.29, 1.82) is 0 Å². The van der Waals surface area contributed by atoms with Crippen LogP contribution >= 0.6 is 0 Å². The van der Waals surface area contributed by atoms with Crippen LogP contribution in [-0.4, -0.2) is 46.1 Å². The lowest BCUT2D eigenvalue weighted by molar-refractivity contribution is 0.298. The first-order valence-corrected chi connectivity index (χ1v) is 11.0. The molecule has 0 amide bonds. The summed E-state index contributed by atoms with van der Waals surface area (Å²) in [6.45, 7) is 5.41. The number of hydrogen-bond donors (Lipinski definition) is 1. The molecule has 4 rings (SSSR count). The molecule has 0 bridgehead atoms. The molecule has 0 radical (unpaired) electrons. The van der Waals surface area contributed by atoms with Crippen molar-refractivity contribution in [1.82, 2.24) is 4.90 Å². The predicted molar refractivity (Wildman–Crippen MR) is 106 cm³/mol. The van der Waals surface area contributed by atoms with E-state index in [0.717, 1.165) is 43.7 Å². The van der Waals surface area contributed by atoms with E-state index in [1.54, 1.807) is 37.4 Å². The summed E-state index contributed by atoms with van der Waals surface area (Å²) in [5.74, 6) is 0.916. The largest absolute Gasteiger partial charge is 0.497 e. The van der Waals surface area contributed by atoms with Gasteiger partial charge in [-0.1, -0.05) is 13.0 Å². The Morgan fingerprint density at radius 1 is 1.11 bits per heavy atom. The third kappa shape index (κ3) is 3.32. The Morgan fingerprint density at radius 2 is 1.89 bits per heavy atom. The third-order valence-electron chi connectivity index (χ3n) is 5.87. The van der Waals surface area contributed by atoms with Crippen molar-refractivity contribution in [3.63, 3.8) is 0 Å². The minimum Gasteiger partial charge on any atom is -0.497 e. The lowest BCUT2D eigenvalue weighted by Crippen LogP contribution is -2.25. The second-order valence-electron chi connectivity index (χ2n) is 7.30. The number of hydrogen-bond acceptors (Lipinski definition) is 5. The highest BCUT2D eigenvalue weighted by atomic mass is 32.2. The Bertz CT molecular complexity index is 942. The first-order valence-electron chi connectivity index (χ1n) is 9.55. The summed E-state index contributed by atoms with van der Waals surface area (Å²) < 4.78 is 31.5. The second kappa shape index (κ2) is 7.17. The first kappa shape index (κ1) is 18.3. The van der Waals surface area contributed by atoms with E-state index < -0.39 is 9.84 Å². The van der Waals surface area contributed by atoms with E-state index in [1.165, 1.54) is 0 Å². The molecule has 5 nitrogen and oxygen atoms in total. The lowest BCUT2D eigenvalue weighted by Gasteiger charge is -2.17. The number of rotatable bonds is 4. The van der Waals surface area contributed by atoms with Crippen molar-refractivity contribution in [3.05, 3.63) is 48.0 Å². The van der Waals surface area contributed by atoms with Gasteiger partial charge in [0.15, 0.2) is 0 Å². The Balaban J connectivity index is 1.68. The lowest BCUT2D eigenvalue weighted by atomic mass is 9.91. The van der Waals surface area contributed by atoms with Gasteiger partial charge in [-0.2, -0.15) is 0 Å². The van der Waals surface area contributed by atoms with Crippen molar-refractivity contribution < 1.29 is 13.2 Å². The molecule has 27 heavy (non-hydrogen) atoms. The fraction of sp³-hybridized carbons (Fsp3) is 0.429. The summed E-state index contributed by atoms with van der Waals surface area (Å²) in [6.07, 6.45) is 2.15. The van der Waals surface area contributed by atoms with Crippen LogP contribution in [0.2, 0.25) is 0 Å². The number of likely N-dealkylation sites (tertiary alicyclic amines) is 1. The number of ether oxygens (including phenoxy) is 1.